The SMILES string of the molecule is CC(C)(C)OC(=O)Oc1ccccc1.COc1ccc2c3c1OC1C(OC(=O)C(C)OC(C)=O)=CCC4(O)C(C2)N(C)CCC314. The highest BCUT2D eigenvalue weighted by atomic mass is 16.7. The largest absolute Gasteiger partial charge is 0.514 e. The average Bonchev–Trinajstić information content (AvgIpc) is 3.32. The van der Waals surface area contributed by atoms with E-state index in [4.69, 9.17) is 28.4 Å². The number of piperidine rings is 1. The number of hydrogen-bond donors (Lipinski definition) is 1. The van der Waals surface area contributed by atoms with E-state index in [0.717, 1.165) is 17.7 Å². The summed E-state index contributed by atoms with van der Waals surface area (Å²) in [5.74, 6) is 0.823. The Morgan fingerprint density at radius 3 is 2.44 bits per heavy atom. The molecule has 2 bridgehead atoms. The zero-order valence-electron chi connectivity index (χ0n) is 26.7. The zero-order chi connectivity index (χ0) is 32.7. The van der Waals surface area contributed by atoms with Crippen molar-refractivity contribution < 1.29 is 47.9 Å². The van der Waals surface area contributed by atoms with Crippen LogP contribution in [0.4, 0.5) is 4.79 Å². The summed E-state index contributed by atoms with van der Waals surface area (Å²) in [5.41, 5.74) is -0.228. The van der Waals surface area contributed by atoms with Crippen LogP contribution < -0.4 is 14.2 Å². The fraction of sp³-hybridized carbons (Fsp3) is 0.500. The molecule has 0 saturated carbocycles. The number of para-hydroxylation sites is 1. The van der Waals surface area contributed by atoms with Gasteiger partial charge < -0.3 is 38.4 Å². The molecule has 2 heterocycles. The van der Waals surface area contributed by atoms with Gasteiger partial charge in [0.2, 0.25) is 0 Å². The molecule has 5 unspecified atom stereocenters. The number of benzene rings is 2. The summed E-state index contributed by atoms with van der Waals surface area (Å²) in [4.78, 5) is 37.2. The fourth-order valence-electron chi connectivity index (χ4n) is 6.94. The number of rotatable bonds is 5. The number of aliphatic hydroxyl groups is 1. The van der Waals surface area contributed by atoms with Crippen LogP contribution in [0.25, 0.3) is 0 Å². The van der Waals surface area contributed by atoms with Gasteiger partial charge in [0.05, 0.1) is 18.1 Å². The van der Waals surface area contributed by atoms with Gasteiger partial charge in [-0.15, -0.1) is 0 Å². The predicted molar refractivity (Wildman–Crippen MR) is 162 cm³/mol. The van der Waals surface area contributed by atoms with E-state index in [9.17, 15) is 19.5 Å². The van der Waals surface area contributed by atoms with Gasteiger partial charge in [-0.1, -0.05) is 24.3 Å². The van der Waals surface area contributed by atoms with Crippen molar-refractivity contribution in [3.05, 3.63) is 65.4 Å². The zero-order valence-corrected chi connectivity index (χ0v) is 26.7. The van der Waals surface area contributed by atoms with Gasteiger partial charge in [-0.2, -0.15) is 0 Å². The summed E-state index contributed by atoms with van der Waals surface area (Å²) < 4.78 is 32.6. The van der Waals surface area contributed by atoms with E-state index in [0.29, 0.717) is 42.3 Å². The second-order valence-corrected chi connectivity index (χ2v) is 12.8. The lowest BCUT2D eigenvalue weighted by atomic mass is 9.50. The van der Waals surface area contributed by atoms with E-state index in [2.05, 4.69) is 4.90 Å². The van der Waals surface area contributed by atoms with Gasteiger partial charge in [-0.25, -0.2) is 9.59 Å². The summed E-state index contributed by atoms with van der Waals surface area (Å²) >= 11 is 0. The van der Waals surface area contributed by atoms with E-state index in [1.165, 1.54) is 13.8 Å². The summed E-state index contributed by atoms with van der Waals surface area (Å²) in [5, 5.41) is 12.1. The molecule has 0 aromatic heterocycles. The number of methoxy groups -OCH3 is 1. The first kappa shape index (κ1) is 32.3. The Hall–Kier alpha value is -4.09. The molecule has 1 N–H and O–H groups in total. The molecule has 11 nitrogen and oxygen atoms in total. The molecule has 4 aliphatic rings. The Morgan fingerprint density at radius 2 is 1.80 bits per heavy atom. The van der Waals surface area contributed by atoms with Crippen molar-refractivity contribution in [1.29, 1.82) is 0 Å². The lowest BCUT2D eigenvalue weighted by Gasteiger charge is -2.61. The highest BCUT2D eigenvalue weighted by molar-refractivity contribution is 5.79. The minimum absolute atomic E-state index is 0.0762. The maximum absolute atomic E-state index is 12.6. The third-order valence-electron chi connectivity index (χ3n) is 8.79. The van der Waals surface area contributed by atoms with Crippen molar-refractivity contribution in [2.45, 2.75) is 88.7 Å². The third-order valence-corrected chi connectivity index (χ3v) is 8.79. The summed E-state index contributed by atoms with van der Waals surface area (Å²) in [6.45, 7) is 8.87. The molecule has 0 amide bonds. The molecular formula is C34H41NO10. The molecule has 0 radical (unpaired) electrons. The van der Waals surface area contributed by atoms with E-state index < -0.39 is 46.9 Å². The second-order valence-electron chi connectivity index (χ2n) is 12.8. The minimum atomic E-state index is -1.06. The summed E-state index contributed by atoms with van der Waals surface area (Å²) in [6.07, 6.45) is 1.07. The second kappa shape index (κ2) is 12.0. The molecule has 242 valence electrons. The predicted octanol–water partition coefficient (Wildman–Crippen LogP) is 4.47. The molecule has 1 spiro atoms. The van der Waals surface area contributed by atoms with Gasteiger partial charge in [0, 0.05) is 24.9 Å². The monoisotopic (exact) mass is 623 g/mol. The van der Waals surface area contributed by atoms with Crippen molar-refractivity contribution in [3.8, 4) is 17.2 Å². The van der Waals surface area contributed by atoms with Crippen molar-refractivity contribution >= 4 is 18.1 Å². The fourth-order valence-corrected chi connectivity index (χ4v) is 6.94. The Labute approximate surface area is 263 Å². The highest BCUT2D eigenvalue weighted by Crippen LogP contribution is 2.65. The van der Waals surface area contributed by atoms with E-state index in [1.54, 1.807) is 58.2 Å². The molecule has 5 atom stereocenters. The first-order valence-electron chi connectivity index (χ1n) is 15.0. The number of carbonyl (C=O) groups is 3. The summed E-state index contributed by atoms with van der Waals surface area (Å²) in [7, 11) is 3.63. The molecule has 2 aromatic rings. The maximum atomic E-state index is 12.6. The lowest BCUT2D eigenvalue weighted by Crippen LogP contribution is -2.74. The van der Waals surface area contributed by atoms with Gasteiger partial charge in [0.25, 0.3) is 0 Å². The van der Waals surface area contributed by atoms with Gasteiger partial charge in [0.1, 0.15) is 17.1 Å². The number of esters is 2. The van der Waals surface area contributed by atoms with Gasteiger partial charge in [-0.3, -0.25) is 4.79 Å². The van der Waals surface area contributed by atoms with Crippen LogP contribution in [0, 0.1) is 0 Å². The van der Waals surface area contributed by atoms with Crippen LogP contribution in [-0.2, 0) is 35.6 Å². The molecule has 1 fully saturated rings. The van der Waals surface area contributed by atoms with Crippen LogP contribution in [0.15, 0.2) is 54.3 Å². The summed E-state index contributed by atoms with van der Waals surface area (Å²) in [6, 6.07) is 12.7. The first-order valence-corrected chi connectivity index (χ1v) is 15.0. The molecule has 2 aliphatic heterocycles. The van der Waals surface area contributed by atoms with Crippen LogP contribution in [0.2, 0.25) is 0 Å². The standard InChI is InChI=1S/C23H27NO7.C11H14O3/c1-12(29-13(2)25)21(26)30-16-7-8-23(27)17-11-14-5-6-15(28-4)19-18(14)22(23,20(16)31-19)9-10-24(17)3;1-11(2,3)14-10(12)13-9-7-5-4-6-8-9/h5-7,12,17,20,27H,8-11H2,1-4H3;4-8H,1-3H3. The quantitative estimate of drug-likeness (QED) is 0.288. The molecule has 45 heavy (non-hydrogen) atoms. The smallest absolute Gasteiger partial charge is 0.493 e. The first-order chi connectivity index (χ1) is 21.2. The average molecular weight is 624 g/mol. The van der Waals surface area contributed by atoms with Crippen LogP contribution in [0.3, 0.4) is 0 Å². The molecule has 11 heteroatoms. The topological polar surface area (TPSA) is 130 Å². The van der Waals surface area contributed by atoms with E-state index in [1.807, 2.05) is 25.2 Å². The molecule has 1 saturated heterocycles. The van der Waals surface area contributed by atoms with E-state index in [-0.39, 0.29) is 6.04 Å². The Morgan fingerprint density at radius 1 is 1.09 bits per heavy atom. The van der Waals surface area contributed by atoms with Crippen LogP contribution in [-0.4, -0.2) is 78.3 Å². The van der Waals surface area contributed by atoms with E-state index >= 15 is 0 Å². The van der Waals surface area contributed by atoms with Crippen LogP contribution in [0.5, 0.6) is 17.2 Å². The molecule has 6 rings (SSSR count). The minimum Gasteiger partial charge on any atom is -0.493 e. The molecule has 2 aliphatic carbocycles. The number of likely N-dealkylation sites (N-methyl/N-ethyl adjacent to an activating group) is 1. The number of carbonyl (C=O) groups excluding carboxylic acids is 3. The third kappa shape index (κ3) is 5.86. The molecule has 2 aromatic carbocycles. The number of likely N-dealkylation sites (tertiary alicyclic amines) is 1. The van der Waals surface area contributed by atoms with Crippen molar-refractivity contribution in [2.24, 2.45) is 0 Å². The van der Waals surface area contributed by atoms with Gasteiger partial charge in [0.15, 0.2) is 23.7 Å². The normalized spacial score (nSPS) is 26.4. The Kier molecular flexibility index (Phi) is 8.63. The van der Waals surface area contributed by atoms with Crippen molar-refractivity contribution in [2.75, 3.05) is 20.7 Å². The lowest BCUT2D eigenvalue weighted by molar-refractivity contribution is -0.175. The number of nitrogens with zero attached hydrogens (tertiary/aromatic N) is 1. The number of ether oxygens (including phenoxy) is 6. The highest BCUT2D eigenvalue weighted by Gasteiger charge is 2.72. The molecular weight excluding hydrogens is 582 g/mol. The van der Waals surface area contributed by atoms with Crippen molar-refractivity contribution in [3.63, 3.8) is 0 Å². The van der Waals surface area contributed by atoms with Gasteiger partial charge in [-0.05, 0) is 84.0 Å². The Balaban J connectivity index is 0.000000241. The van der Waals surface area contributed by atoms with Crippen molar-refractivity contribution in [1.82, 2.24) is 4.90 Å². The van der Waals surface area contributed by atoms with Crippen LogP contribution in [0.1, 0.15) is 58.6 Å². The van der Waals surface area contributed by atoms with Crippen LogP contribution >= 0.6 is 0 Å². The number of hydrogen-bond acceptors (Lipinski definition) is 11. The van der Waals surface area contributed by atoms with Gasteiger partial charge >= 0.3 is 18.1 Å². The maximum Gasteiger partial charge on any atom is 0.514 e. The Bertz CT molecular complexity index is 1500.